The molecule has 0 saturated carbocycles. The molecule has 0 heterocycles. The van der Waals surface area contributed by atoms with Gasteiger partial charge in [0.1, 0.15) is 24.7 Å². The van der Waals surface area contributed by atoms with Gasteiger partial charge < -0.3 is 9.47 Å². The van der Waals surface area contributed by atoms with Crippen LogP contribution in [0.25, 0.3) is 21.5 Å². The van der Waals surface area contributed by atoms with Crippen LogP contribution in [-0.4, -0.2) is 32.5 Å². The van der Waals surface area contributed by atoms with Gasteiger partial charge in [-0.15, -0.1) is 0 Å². The lowest BCUT2D eigenvalue weighted by Gasteiger charge is -2.22. The Morgan fingerprint density at radius 3 is 1.27 bits per heavy atom. The standard InChI is InChI=1S/C29H22Br10O2/c1-28(38,10-30)12-40-26-22-16(8-20(34)24(26)36)4-14(6-18(22)32)3-15-5-17-9-21(35)25(37)27(23(17)19(33)7-15)41-13-29(2,39)11-31/h4-9H,3,10-13H2,1-2H3. The molecule has 2 unspecified atom stereocenters. The molecule has 0 N–H and O–H groups in total. The van der Waals surface area contributed by atoms with Crippen molar-refractivity contribution in [1.29, 1.82) is 0 Å². The second-order valence-electron chi connectivity index (χ2n) is 10.2. The Balaban J connectivity index is 1.73. The number of fused-ring (bicyclic) bond motifs is 2. The molecular formula is C29H22Br10O2. The smallest absolute Gasteiger partial charge is 0.143 e. The molecule has 0 fully saturated rings. The van der Waals surface area contributed by atoms with Gasteiger partial charge in [-0.2, -0.15) is 0 Å². The third-order valence-electron chi connectivity index (χ3n) is 6.20. The number of alkyl halides is 4. The maximum absolute atomic E-state index is 6.35. The van der Waals surface area contributed by atoms with Crippen LogP contribution in [-0.2, 0) is 6.42 Å². The predicted octanol–water partition coefficient (Wildman–Crippen LogP) is 14.0. The highest BCUT2D eigenvalue weighted by Gasteiger charge is 2.24. The zero-order valence-corrected chi connectivity index (χ0v) is 37.5. The molecule has 0 saturated heterocycles. The normalized spacial score (nSPS) is 14.7. The van der Waals surface area contributed by atoms with E-state index in [0.29, 0.717) is 13.2 Å². The Morgan fingerprint density at radius 2 is 0.927 bits per heavy atom. The number of hydrogen-bond donors (Lipinski definition) is 0. The first-order chi connectivity index (χ1) is 19.2. The first kappa shape index (κ1) is 35.7. The molecule has 4 aromatic rings. The molecule has 0 bridgehead atoms. The predicted molar refractivity (Wildman–Crippen MR) is 210 cm³/mol. The molecule has 0 radical (unpaired) electrons. The highest BCUT2D eigenvalue weighted by molar-refractivity contribution is 9.14. The highest BCUT2D eigenvalue weighted by Crippen LogP contribution is 2.46. The van der Waals surface area contributed by atoms with Gasteiger partial charge in [0.2, 0.25) is 0 Å². The summed E-state index contributed by atoms with van der Waals surface area (Å²) in [7, 11) is 0. The van der Waals surface area contributed by atoms with Crippen molar-refractivity contribution < 1.29 is 9.47 Å². The van der Waals surface area contributed by atoms with Gasteiger partial charge in [0, 0.05) is 39.3 Å². The van der Waals surface area contributed by atoms with Crippen LogP contribution in [0.3, 0.4) is 0 Å². The van der Waals surface area contributed by atoms with E-state index in [1.807, 2.05) is 0 Å². The lowest BCUT2D eigenvalue weighted by molar-refractivity contribution is 0.294. The summed E-state index contributed by atoms with van der Waals surface area (Å²) in [6.07, 6.45) is 0.753. The molecule has 2 nitrogen and oxygen atoms in total. The van der Waals surface area contributed by atoms with Gasteiger partial charge in [0.05, 0.1) is 17.6 Å². The second kappa shape index (κ2) is 14.7. The van der Waals surface area contributed by atoms with Crippen molar-refractivity contribution in [2.24, 2.45) is 0 Å². The Kier molecular flexibility index (Phi) is 12.8. The summed E-state index contributed by atoms with van der Waals surface area (Å²) in [4.78, 5) is 0. The third-order valence-corrected chi connectivity index (χ3v) is 16.3. The van der Waals surface area contributed by atoms with Gasteiger partial charge in [-0.25, -0.2) is 0 Å². The first-order valence-corrected chi connectivity index (χ1v) is 20.7. The molecule has 2 atom stereocenters. The maximum atomic E-state index is 6.35. The average molecular weight is 1200 g/mol. The van der Waals surface area contributed by atoms with E-state index in [0.717, 1.165) is 77.0 Å². The van der Waals surface area contributed by atoms with E-state index >= 15 is 0 Å². The van der Waals surface area contributed by atoms with Gasteiger partial charge >= 0.3 is 0 Å². The second-order valence-corrected chi connectivity index (χ2v) is 20.2. The number of benzene rings is 4. The molecular weight excluding hydrogens is 1180 g/mol. The minimum absolute atomic E-state index is 0.186. The maximum Gasteiger partial charge on any atom is 0.143 e. The van der Waals surface area contributed by atoms with E-state index in [1.165, 1.54) is 11.1 Å². The zero-order chi connectivity index (χ0) is 30.3. The van der Waals surface area contributed by atoms with Crippen LogP contribution in [0.2, 0.25) is 0 Å². The van der Waals surface area contributed by atoms with Gasteiger partial charge in [0.25, 0.3) is 0 Å². The van der Waals surface area contributed by atoms with Crippen molar-refractivity contribution in [2.45, 2.75) is 28.9 Å². The molecule has 0 amide bonds. The van der Waals surface area contributed by atoms with Crippen LogP contribution in [0.1, 0.15) is 25.0 Å². The minimum Gasteiger partial charge on any atom is -0.490 e. The van der Waals surface area contributed by atoms with Crippen LogP contribution in [0, 0.1) is 0 Å². The molecule has 0 aliphatic rings. The van der Waals surface area contributed by atoms with E-state index in [-0.39, 0.29) is 8.65 Å². The summed E-state index contributed by atoms with van der Waals surface area (Å²) in [6.45, 7) is 5.20. The van der Waals surface area contributed by atoms with Crippen molar-refractivity contribution >= 4 is 181 Å². The average Bonchev–Trinajstić information content (AvgIpc) is 2.89. The van der Waals surface area contributed by atoms with E-state index in [9.17, 15) is 0 Å². The fraction of sp³-hybridized carbons (Fsp3) is 0.310. The number of hydrogen-bond acceptors (Lipinski definition) is 2. The summed E-state index contributed by atoms with van der Waals surface area (Å²) in [6, 6.07) is 13.0. The zero-order valence-electron chi connectivity index (χ0n) is 21.6. The lowest BCUT2D eigenvalue weighted by Crippen LogP contribution is -2.27. The third kappa shape index (κ3) is 8.59. The summed E-state index contributed by atoms with van der Waals surface area (Å²) < 4.78 is 18.0. The molecule has 4 rings (SSSR count). The summed E-state index contributed by atoms with van der Waals surface area (Å²) in [5, 5.41) is 5.76. The molecule has 41 heavy (non-hydrogen) atoms. The summed E-state index contributed by atoms with van der Waals surface area (Å²) in [5.41, 5.74) is 2.36. The molecule has 220 valence electrons. The number of rotatable bonds is 10. The Bertz CT molecular complexity index is 1500. The van der Waals surface area contributed by atoms with Gasteiger partial charge in [-0.3, -0.25) is 0 Å². The van der Waals surface area contributed by atoms with Crippen molar-refractivity contribution in [3.8, 4) is 11.5 Å². The van der Waals surface area contributed by atoms with Crippen molar-refractivity contribution in [2.75, 3.05) is 23.9 Å². The minimum atomic E-state index is -0.186. The Morgan fingerprint density at radius 1 is 0.561 bits per heavy atom. The van der Waals surface area contributed by atoms with Crippen LogP contribution in [0.5, 0.6) is 11.5 Å². The van der Waals surface area contributed by atoms with Crippen molar-refractivity contribution in [3.05, 3.63) is 74.4 Å². The molecule has 12 heteroatoms. The fourth-order valence-corrected chi connectivity index (χ4v) is 7.82. The summed E-state index contributed by atoms with van der Waals surface area (Å²) in [5.74, 6) is 1.60. The fourth-order valence-electron chi connectivity index (χ4n) is 4.15. The molecule has 0 aliphatic heterocycles. The van der Waals surface area contributed by atoms with E-state index in [1.54, 1.807) is 0 Å². The Hall–Kier alpha value is 1.80. The molecule has 4 aromatic carbocycles. The summed E-state index contributed by atoms with van der Waals surface area (Å²) >= 11 is 37.2. The monoisotopic (exact) mass is 1190 g/mol. The highest BCUT2D eigenvalue weighted by atomic mass is 79.9. The number of halogens is 10. The number of ether oxygens (including phenoxy) is 2. The molecule has 0 spiro atoms. The van der Waals surface area contributed by atoms with E-state index in [2.05, 4.69) is 210 Å². The van der Waals surface area contributed by atoms with Crippen LogP contribution < -0.4 is 9.47 Å². The lowest BCUT2D eigenvalue weighted by atomic mass is 9.98. The van der Waals surface area contributed by atoms with E-state index in [4.69, 9.17) is 9.47 Å². The van der Waals surface area contributed by atoms with Crippen LogP contribution in [0.15, 0.2) is 63.2 Å². The largest absolute Gasteiger partial charge is 0.490 e. The van der Waals surface area contributed by atoms with Gasteiger partial charge in [-0.1, -0.05) is 108 Å². The van der Waals surface area contributed by atoms with Gasteiger partial charge in [-0.05, 0) is 130 Å². The Labute approximate surface area is 324 Å². The van der Waals surface area contributed by atoms with Crippen LogP contribution >= 0.6 is 159 Å². The quantitative estimate of drug-likeness (QED) is 0.147. The topological polar surface area (TPSA) is 18.5 Å². The van der Waals surface area contributed by atoms with Crippen molar-refractivity contribution in [3.63, 3.8) is 0 Å². The molecule has 0 aromatic heterocycles. The van der Waals surface area contributed by atoms with Crippen molar-refractivity contribution in [1.82, 2.24) is 0 Å². The van der Waals surface area contributed by atoms with E-state index < -0.39 is 0 Å². The SMILES string of the molecule is CC(Br)(CBr)COc1c(Br)c(Br)cc2cc(Cc3cc(Br)c4c(OCC(C)(Br)CBr)c(Br)c(Br)cc4c3)cc(Br)c12. The molecule has 0 aliphatic carbocycles. The first-order valence-electron chi connectivity index (χ1n) is 12.1. The van der Waals surface area contributed by atoms with Gasteiger partial charge in [0.15, 0.2) is 0 Å². The van der Waals surface area contributed by atoms with Crippen LogP contribution in [0.4, 0.5) is 0 Å².